The van der Waals surface area contributed by atoms with Gasteiger partial charge in [0.1, 0.15) is 0 Å². The number of nitrogens with one attached hydrogen (secondary N) is 1. The lowest BCUT2D eigenvalue weighted by Gasteiger charge is -2.32. The van der Waals surface area contributed by atoms with Gasteiger partial charge in [-0.25, -0.2) is 4.99 Å². The van der Waals surface area contributed by atoms with E-state index in [-0.39, 0.29) is 34.6 Å². The van der Waals surface area contributed by atoms with Crippen LogP contribution in [0, 0.1) is 10.1 Å². The number of benzene rings is 1. The maximum absolute atomic E-state index is 11.2. The molecule has 1 unspecified atom stereocenters. The van der Waals surface area contributed by atoms with E-state index in [0.717, 1.165) is 58.3 Å². The Hall–Kier alpha value is -1.46. The summed E-state index contributed by atoms with van der Waals surface area (Å²) < 4.78 is 5.44. The van der Waals surface area contributed by atoms with Crippen molar-refractivity contribution in [3.05, 3.63) is 39.9 Å². The lowest BCUT2D eigenvalue weighted by Crippen LogP contribution is -2.46. The molecule has 0 bridgehead atoms. The van der Waals surface area contributed by atoms with E-state index in [1.807, 2.05) is 13.0 Å². The predicted octanol–water partition coefficient (Wildman–Crippen LogP) is 2.08. The van der Waals surface area contributed by atoms with Crippen molar-refractivity contribution in [2.75, 3.05) is 45.9 Å². The number of hydrogen-bond donors (Lipinski definition) is 1. The van der Waals surface area contributed by atoms with E-state index in [1.165, 1.54) is 6.07 Å². The summed E-state index contributed by atoms with van der Waals surface area (Å²) in [5.41, 5.74) is 0.761. The molecule has 0 aromatic heterocycles. The molecular formula is C18H28IN5O3. The van der Waals surface area contributed by atoms with Crippen molar-refractivity contribution in [2.45, 2.75) is 25.9 Å². The smallest absolute Gasteiger partial charge is 0.274 e. The van der Waals surface area contributed by atoms with Crippen LogP contribution in [0.25, 0.3) is 0 Å². The Morgan fingerprint density at radius 2 is 2.07 bits per heavy atom. The minimum Gasteiger partial charge on any atom is -0.379 e. The fourth-order valence-electron chi connectivity index (χ4n) is 3.58. The zero-order valence-electron chi connectivity index (χ0n) is 15.7. The number of nitrogens with zero attached hydrogens (tertiary/aromatic N) is 4. The van der Waals surface area contributed by atoms with Gasteiger partial charge in [0.25, 0.3) is 5.69 Å². The Balaban J connectivity index is 0.00000261. The highest BCUT2D eigenvalue weighted by molar-refractivity contribution is 14.0. The third-order valence-corrected chi connectivity index (χ3v) is 4.95. The van der Waals surface area contributed by atoms with Crippen LogP contribution in [0.5, 0.6) is 0 Å². The van der Waals surface area contributed by atoms with E-state index < -0.39 is 0 Å². The van der Waals surface area contributed by atoms with Gasteiger partial charge in [-0.3, -0.25) is 15.0 Å². The molecule has 1 aromatic rings. The van der Waals surface area contributed by atoms with Gasteiger partial charge in [-0.1, -0.05) is 18.2 Å². The summed E-state index contributed by atoms with van der Waals surface area (Å²) in [5.74, 6) is 0.835. The van der Waals surface area contributed by atoms with Crippen molar-refractivity contribution < 1.29 is 9.66 Å². The lowest BCUT2D eigenvalue weighted by atomic mass is 10.2. The first-order chi connectivity index (χ1) is 12.7. The van der Waals surface area contributed by atoms with Crippen molar-refractivity contribution in [1.29, 1.82) is 0 Å². The quantitative estimate of drug-likeness (QED) is 0.224. The molecule has 27 heavy (non-hydrogen) atoms. The molecule has 3 rings (SSSR count). The molecule has 2 aliphatic rings. The van der Waals surface area contributed by atoms with E-state index in [9.17, 15) is 10.1 Å². The first kappa shape index (κ1) is 21.8. The fourth-order valence-corrected chi connectivity index (χ4v) is 3.58. The molecule has 1 atom stereocenters. The van der Waals surface area contributed by atoms with Crippen LogP contribution >= 0.6 is 24.0 Å². The number of aliphatic imine (C=N–C) groups is 1. The number of morpholine rings is 1. The van der Waals surface area contributed by atoms with Gasteiger partial charge in [-0.15, -0.1) is 24.0 Å². The third-order valence-electron chi connectivity index (χ3n) is 4.95. The molecule has 2 fully saturated rings. The van der Waals surface area contributed by atoms with Gasteiger partial charge < -0.3 is 15.0 Å². The minimum atomic E-state index is -0.345. The summed E-state index contributed by atoms with van der Waals surface area (Å²) in [7, 11) is 0. The highest BCUT2D eigenvalue weighted by Gasteiger charge is 2.30. The van der Waals surface area contributed by atoms with Crippen LogP contribution in [0.1, 0.15) is 18.9 Å². The highest BCUT2D eigenvalue weighted by Crippen LogP contribution is 2.20. The van der Waals surface area contributed by atoms with Crippen molar-refractivity contribution in [3.8, 4) is 0 Å². The van der Waals surface area contributed by atoms with E-state index in [1.54, 1.807) is 12.1 Å². The summed E-state index contributed by atoms with van der Waals surface area (Å²) in [6.45, 7) is 8.59. The average Bonchev–Trinajstić information content (AvgIpc) is 3.16. The Bertz CT molecular complexity index is 652. The number of likely N-dealkylation sites (tertiary alicyclic amines) is 1. The fraction of sp³-hybridized carbons (Fsp3) is 0.611. The number of nitro groups is 1. The summed E-state index contributed by atoms with van der Waals surface area (Å²) in [6, 6.07) is 7.32. The molecule has 8 nitrogen and oxygen atoms in total. The molecular weight excluding hydrogens is 461 g/mol. The second-order valence-corrected chi connectivity index (χ2v) is 6.59. The Labute approximate surface area is 177 Å². The normalized spacial score (nSPS) is 21.0. The molecule has 0 amide bonds. The standard InChI is InChI=1S/C18H27N5O3.HI/c1-2-19-18(20-13-15-5-3-4-6-17(15)23(24)25)22-8-7-16(14-22)21-9-11-26-12-10-21;/h3-6,16H,2,7-14H2,1H3,(H,19,20);1H. The molecule has 2 aliphatic heterocycles. The maximum Gasteiger partial charge on any atom is 0.274 e. The number of hydrogen-bond acceptors (Lipinski definition) is 5. The minimum absolute atomic E-state index is 0. The second-order valence-electron chi connectivity index (χ2n) is 6.59. The predicted molar refractivity (Wildman–Crippen MR) is 116 cm³/mol. The molecule has 2 heterocycles. The van der Waals surface area contributed by atoms with Gasteiger partial charge in [-0.05, 0) is 13.3 Å². The molecule has 2 saturated heterocycles. The van der Waals surface area contributed by atoms with Gasteiger partial charge in [0.05, 0.1) is 30.2 Å². The first-order valence-corrected chi connectivity index (χ1v) is 9.26. The van der Waals surface area contributed by atoms with Crippen LogP contribution in [0.3, 0.4) is 0 Å². The Morgan fingerprint density at radius 1 is 1.33 bits per heavy atom. The topological polar surface area (TPSA) is 83.2 Å². The van der Waals surface area contributed by atoms with Gasteiger partial charge in [0.15, 0.2) is 5.96 Å². The number of rotatable bonds is 5. The van der Waals surface area contributed by atoms with Crippen LogP contribution in [0.2, 0.25) is 0 Å². The Morgan fingerprint density at radius 3 is 2.78 bits per heavy atom. The van der Waals surface area contributed by atoms with Crippen LogP contribution in [-0.4, -0.2) is 72.7 Å². The highest BCUT2D eigenvalue weighted by atomic mass is 127. The first-order valence-electron chi connectivity index (χ1n) is 9.26. The van der Waals surface area contributed by atoms with Gasteiger partial charge in [0.2, 0.25) is 0 Å². The largest absolute Gasteiger partial charge is 0.379 e. The number of halogens is 1. The maximum atomic E-state index is 11.2. The number of guanidine groups is 1. The SMILES string of the molecule is CCNC(=NCc1ccccc1[N+](=O)[O-])N1CCC(N2CCOCC2)C1.I. The van der Waals surface area contributed by atoms with Crippen molar-refractivity contribution >= 4 is 35.6 Å². The zero-order chi connectivity index (χ0) is 18.4. The second kappa shape index (κ2) is 10.8. The van der Waals surface area contributed by atoms with Crippen LogP contribution < -0.4 is 5.32 Å². The van der Waals surface area contributed by atoms with Gasteiger partial charge in [0, 0.05) is 44.8 Å². The molecule has 0 spiro atoms. The van der Waals surface area contributed by atoms with Gasteiger partial charge in [-0.2, -0.15) is 0 Å². The zero-order valence-corrected chi connectivity index (χ0v) is 18.0. The van der Waals surface area contributed by atoms with Crippen molar-refractivity contribution in [1.82, 2.24) is 15.1 Å². The van der Waals surface area contributed by atoms with E-state index in [0.29, 0.717) is 18.2 Å². The van der Waals surface area contributed by atoms with Crippen molar-refractivity contribution in [3.63, 3.8) is 0 Å². The van der Waals surface area contributed by atoms with E-state index in [4.69, 9.17) is 4.74 Å². The molecule has 1 aromatic carbocycles. The summed E-state index contributed by atoms with van der Waals surface area (Å²) >= 11 is 0. The summed E-state index contributed by atoms with van der Waals surface area (Å²) in [6.07, 6.45) is 1.11. The van der Waals surface area contributed by atoms with Crippen LogP contribution in [0.15, 0.2) is 29.3 Å². The molecule has 1 N–H and O–H groups in total. The summed E-state index contributed by atoms with van der Waals surface area (Å²) in [4.78, 5) is 20.3. The van der Waals surface area contributed by atoms with Crippen LogP contribution in [-0.2, 0) is 11.3 Å². The lowest BCUT2D eigenvalue weighted by molar-refractivity contribution is -0.385. The average molecular weight is 489 g/mol. The van der Waals surface area contributed by atoms with Gasteiger partial charge >= 0.3 is 0 Å². The molecule has 150 valence electrons. The number of nitro benzene ring substituents is 1. The third kappa shape index (κ3) is 5.76. The van der Waals surface area contributed by atoms with Crippen LogP contribution in [0.4, 0.5) is 5.69 Å². The molecule has 9 heteroatoms. The summed E-state index contributed by atoms with van der Waals surface area (Å²) in [5, 5.41) is 14.5. The number of ether oxygens (including phenoxy) is 1. The molecule has 0 radical (unpaired) electrons. The monoisotopic (exact) mass is 489 g/mol. The van der Waals surface area contributed by atoms with E-state index in [2.05, 4.69) is 20.1 Å². The molecule has 0 saturated carbocycles. The molecule has 0 aliphatic carbocycles. The Kier molecular flexibility index (Phi) is 8.71. The van der Waals surface area contributed by atoms with E-state index >= 15 is 0 Å². The number of para-hydroxylation sites is 1. The van der Waals surface area contributed by atoms with Crippen molar-refractivity contribution in [2.24, 2.45) is 4.99 Å².